The second kappa shape index (κ2) is 5.88. The lowest BCUT2D eigenvalue weighted by Crippen LogP contribution is -2.14. The third-order valence-corrected chi connectivity index (χ3v) is 3.99. The predicted molar refractivity (Wildman–Crippen MR) is 92.3 cm³/mol. The summed E-state index contributed by atoms with van der Waals surface area (Å²) in [6.45, 7) is 0.160. The number of amides is 1. The highest BCUT2D eigenvalue weighted by atomic mass is 16.6. The van der Waals surface area contributed by atoms with E-state index in [0.717, 1.165) is 5.56 Å². The first kappa shape index (κ1) is 15.6. The number of carbonyl (C=O) groups excluding carboxylic acids is 1. The minimum absolute atomic E-state index is 0.0638. The predicted octanol–water partition coefficient (Wildman–Crippen LogP) is 1.63. The summed E-state index contributed by atoms with van der Waals surface area (Å²) in [4.78, 5) is 30.9. The molecule has 4 rings (SSSR count). The standard InChI is InChI=1S/C17H12N6O3/c18-16(24)17-20-14-9-19-15(10-4-2-1-3-5-10)12-8-11(23(25)26)6-7-13(12)22(14)21-17/h1-8H,9H2,(H2,18,24). The van der Waals surface area contributed by atoms with Crippen LogP contribution in [-0.4, -0.2) is 31.3 Å². The van der Waals surface area contributed by atoms with E-state index < -0.39 is 10.8 Å². The quantitative estimate of drug-likeness (QED) is 0.568. The van der Waals surface area contributed by atoms with E-state index in [9.17, 15) is 14.9 Å². The first-order chi connectivity index (χ1) is 12.5. The van der Waals surface area contributed by atoms with Gasteiger partial charge in [0.05, 0.1) is 22.9 Å². The van der Waals surface area contributed by atoms with Gasteiger partial charge in [-0.05, 0) is 6.07 Å². The van der Waals surface area contributed by atoms with Gasteiger partial charge >= 0.3 is 0 Å². The van der Waals surface area contributed by atoms with Gasteiger partial charge < -0.3 is 5.73 Å². The van der Waals surface area contributed by atoms with Crippen LogP contribution in [0, 0.1) is 10.1 Å². The highest BCUT2D eigenvalue weighted by Gasteiger charge is 2.24. The molecule has 0 aliphatic carbocycles. The summed E-state index contributed by atoms with van der Waals surface area (Å²) in [7, 11) is 0. The normalized spacial score (nSPS) is 12.5. The summed E-state index contributed by atoms with van der Waals surface area (Å²) < 4.78 is 1.46. The first-order valence-corrected chi connectivity index (χ1v) is 7.69. The minimum atomic E-state index is -0.749. The van der Waals surface area contributed by atoms with Crippen LogP contribution in [0.2, 0.25) is 0 Å². The van der Waals surface area contributed by atoms with E-state index in [1.165, 1.54) is 16.8 Å². The van der Waals surface area contributed by atoms with Crippen molar-refractivity contribution in [3.05, 3.63) is 81.4 Å². The lowest BCUT2D eigenvalue weighted by atomic mass is 10.00. The number of non-ortho nitro benzene ring substituents is 1. The Morgan fingerprint density at radius 2 is 1.96 bits per heavy atom. The van der Waals surface area contributed by atoms with E-state index in [2.05, 4.69) is 15.1 Å². The van der Waals surface area contributed by atoms with Crippen molar-refractivity contribution in [2.75, 3.05) is 0 Å². The lowest BCUT2D eigenvalue weighted by Gasteiger charge is -2.10. The number of hydrogen-bond acceptors (Lipinski definition) is 6. The van der Waals surface area contributed by atoms with Crippen LogP contribution in [0.15, 0.2) is 53.5 Å². The summed E-state index contributed by atoms with van der Waals surface area (Å²) in [5.74, 6) is -0.441. The molecule has 0 saturated carbocycles. The number of nitro benzene ring substituents is 1. The van der Waals surface area contributed by atoms with Gasteiger partial charge in [0.25, 0.3) is 11.6 Å². The molecule has 1 aliphatic heterocycles. The van der Waals surface area contributed by atoms with Gasteiger partial charge in [-0.1, -0.05) is 30.3 Å². The second-order valence-corrected chi connectivity index (χ2v) is 5.62. The van der Waals surface area contributed by atoms with Crippen LogP contribution in [0.5, 0.6) is 0 Å². The van der Waals surface area contributed by atoms with Crippen molar-refractivity contribution in [2.45, 2.75) is 6.54 Å². The largest absolute Gasteiger partial charge is 0.363 e. The van der Waals surface area contributed by atoms with Gasteiger partial charge in [0.15, 0.2) is 5.82 Å². The number of carbonyl (C=O) groups is 1. The molecular weight excluding hydrogens is 336 g/mol. The number of nitro groups is 1. The maximum absolute atomic E-state index is 11.4. The molecule has 2 aromatic carbocycles. The summed E-state index contributed by atoms with van der Waals surface area (Å²) in [6.07, 6.45) is 0. The van der Waals surface area contributed by atoms with Crippen LogP contribution in [0.4, 0.5) is 5.69 Å². The molecule has 1 aliphatic rings. The second-order valence-electron chi connectivity index (χ2n) is 5.62. The number of aromatic nitrogens is 3. The maximum Gasteiger partial charge on any atom is 0.288 e. The molecule has 9 nitrogen and oxygen atoms in total. The lowest BCUT2D eigenvalue weighted by molar-refractivity contribution is -0.384. The highest BCUT2D eigenvalue weighted by molar-refractivity contribution is 6.15. The Bertz CT molecular complexity index is 1070. The zero-order chi connectivity index (χ0) is 18.3. The molecule has 1 amide bonds. The molecule has 1 aromatic heterocycles. The number of benzene rings is 2. The Morgan fingerprint density at radius 1 is 1.19 bits per heavy atom. The molecule has 2 heterocycles. The zero-order valence-corrected chi connectivity index (χ0v) is 13.4. The van der Waals surface area contributed by atoms with E-state index in [0.29, 0.717) is 22.8 Å². The number of aliphatic imine (C=N–C) groups is 1. The van der Waals surface area contributed by atoms with Crippen LogP contribution in [0.25, 0.3) is 5.69 Å². The number of hydrogen-bond donors (Lipinski definition) is 1. The van der Waals surface area contributed by atoms with Crippen LogP contribution in [-0.2, 0) is 6.54 Å². The van der Waals surface area contributed by atoms with Crippen molar-refractivity contribution in [1.82, 2.24) is 14.8 Å². The average Bonchev–Trinajstić information content (AvgIpc) is 3.01. The van der Waals surface area contributed by atoms with Crippen molar-refractivity contribution < 1.29 is 9.72 Å². The molecule has 0 spiro atoms. The van der Waals surface area contributed by atoms with Crippen LogP contribution >= 0.6 is 0 Å². The fourth-order valence-corrected chi connectivity index (χ4v) is 2.83. The third-order valence-electron chi connectivity index (χ3n) is 3.99. The molecule has 26 heavy (non-hydrogen) atoms. The maximum atomic E-state index is 11.4. The molecule has 0 atom stereocenters. The molecule has 0 unspecified atom stereocenters. The Morgan fingerprint density at radius 3 is 2.65 bits per heavy atom. The van der Waals surface area contributed by atoms with Gasteiger partial charge in [-0.15, -0.1) is 5.10 Å². The Kier molecular flexibility index (Phi) is 3.54. The molecular formula is C17H12N6O3. The van der Waals surface area contributed by atoms with Crippen molar-refractivity contribution in [2.24, 2.45) is 10.7 Å². The monoisotopic (exact) mass is 348 g/mol. The van der Waals surface area contributed by atoms with Gasteiger partial charge in [0.1, 0.15) is 0 Å². The Labute approximate surface area is 147 Å². The SMILES string of the molecule is NC(=O)c1nc2n(n1)-c1ccc([N+](=O)[O-])cc1C(c1ccccc1)=NC2. The average molecular weight is 348 g/mol. The topological polar surface area (TPSA) is 129 Å². The summed E-state index contributed by atoms with van der Waals surface area (Å²) >= 11 is 0. The molecule has 128 valence electrons. The molecule has 0 fully saturated rings. The third kappa shape index (κ3) is 2.51. The molecule has 0 saturated heterocycles. The van der Waals surface area contributed by atoms with Gasteiger partial charge in [-0.25, -0.2) is 9.67 Å². The van der Waals surface area contributed by atoms with Crippen molar-refractivity contribution in [3.8, 4) is 5.69 Å². The van der Waals surface area contributed by atoms with Crippen LogP contribution in [0.3, 0.4) is 0 Å². The first-order valence-electron chi connectivity index (χ1n) is 7.69. The summed E-state index contributed by atoms with van der Waals surface area (Å²) in [6, 6.07) is 13.7. The Hall–Kier alpha value is -3.88. The van der Waals surface area contributed by atoms with Crippen molar-refractivity contribution >= 4 is 17.3 Å². The smallest absolute Gasteiger partial charge is 0.288 e. The zero-order valence-electron chi connectivity index (χ0n) is 13.4. The summed E-state index contributed by atoms with van der Waals surface area (Å²) in [5, 5.41) is 15.4. The fourth-order valence-electron chi connectivity index (χ4n) is 2.83. The van der Waals surface area contributed by atoms with Crippen molar-refractivity contribution in [1.29, 1.82) is 0 Å². The van der Waals surface area contributed by atoms with Crippen LogP contribution in [0.1, 0.15) is 27.6 Å². The molecule has 0 radical (unpaired) electrons. The van der Waals surface area contributed by atoms with E-state index >= 15 is 0 Å². The minimum Gasteiger partial charge on any atom is -0.363 e. The molecule has 3 aromatic rings. The number of rotatable bonds is 3. The van der Waals surface area contributed by atoms with Crippen molar-refractivity contribution in [3.63, 3.8) is 0 Å². The van der Waals surface area contributed by atoms with E-state index in [1.807, 2.05) is 30.3 Å². The number of nitrogens with zero attached hydrogens (tertiary/aromatic N) is 5. The van der Waals surface area contributed by atoms with Crippen LogP contribution < -0.4 is 5.73 Å². The number of primary amides is 1. The van der Waals surface area contributed by atoms with Gasteiger partial charge in [-0.2, -0.15) is 0 Å². The van der Waals surface area contributed by atoms with Gasteiger partial charge in [0.2, 0.25) is 5.82 Å². The Balaban J connectivity index is 1.98. The molecule has 2 N–H and O–H groups in total. The fraction of sp³-hybridized carbons (Fsp3) is 0.0588. The highest BCUT2D eigenvalue weighted by Crippen LogP contribution is 2.27. The molecule has 0 bridgehead atoms. The summed E-state index contributed by atoms with van der Waals surface area (Å²) in [5.41, 5.74) is 7.69. The van der Waals surface area contributed by atoms with Gasteiger partial charge in [0, 0.05) is 23.3 Å². The van der Waals surface area contributed by atoms with E-state index in [-0.39, 0.29) is 18.1 Å². The number of fused-ring (bicyclic) bond motifs is 3. The van der Waals surface area contributed by atoms with E-state index in [1.54, 1.807) is 6.07 Å². The number of nitrogens with two attached hydrogens (primary N) is 1. The van der Waals surface area contributed by atoms with E-state index in [4.69, 9.17) is 5.73 Å². The van der Waals surface area contributed by atoms with Gasteiger partial charge in [-0.3, -0.25) is 19.9 Å². The molecule has 9 heteroatoms.